The van der Waals surface area contributed by atoms with E-state index in [9.17, 15) is 0 Å². The van der Waals surface area contributed by atoms with Crippen molar-refractivity contribution in [2.24, 2.45) is 5.92 Å². The van der Waals surface area contributed by atoms with E-state index in [0.717, 1.165) is 24.4 Å². The third-order valence-electron chi connectivity index (χ3n) is 4.46. The smallest absolute Gasteiger partial charge is 0.0419 e. The maximum atomic E-state index is 3.27. The summed E-state index contributed by atoms with van der Waals surface area (Å²) in [6.07, 6.45) is 8.71. The molecule has 1 fully saturated rings. The summed E-state index contributed by atoms with van der Waals surface area (Å²) in [5.41, 5.74) is 2.57. The van der Waals surface area contributed by atoms with Gasteiger partial charge >= 0.3 is 0 Å². The molecule has 2 nitrogen and oxygen atoms in total. The molecule has 0 amide bonds. The molecule has 22 heavy (non-hydrogen) atoms. The third-order valence-corrected chi connectivity index (χ3v) is 4.46. The van der Waals surface area contributed by atoms with E-state index in [2.05, 4.69) is 52.1 Å². The van der Waals surface area contributed by atoms with Gasteiger partial charge in [-0.3, -0.25) is 0 Å². The number of aromatic amines is 1. The molecule has 1 aliphatic heterocycles. The summed E-state index contributed by atoms with van der Waals surface area (Å²) in [6, 6.07) is 12.9. The predicted molar refractivity (Wildman–Crippen MR) is 91.6 cm³/mol. The minimum Gasteiger partial charge on any atom is -0.367 e. The quantitative estimate of drug-likeness (QED) is 0.851. The zero-order valence-electron chi connectivity index (χ0n) is 13.1. The lowest BCUT2D eigenvalue weighted by Crippen LogP contribution is -2.34. The molecule has 0 aliphatic carbocycles. The van der Waals surface area contributed by atoms with Crippen molar-refractivity contribution >= 4 is 0 Å². The molecular weight excluding hydrogens is 268 g/mol. The van der Waals surface area contributed by atoms with Crippen molar-refractivity contribution in [3.8, 4) is 11.8 Å². The first kappa shape index (κ1) is 14.9. The Morgan fingerprint density at radius 1 is 1.09 bits per heavy atom. The van der Waals surface area contributed by atoms with Crippen LogP contribution < -0.4 is 0 Å². The summed E-state index contributed by atoms with van der Waals surface area (Å²) in [6.45, 7) is 3.56. The van der Waals surface area contributed by atoms with Gasteiger partial charge in [0.2, 0.25) is 0 Å². The lowest BCUT2D eigenvalue weighted by molar-refractivity contribution is 0.187. The maximum absolute atomic E-state index is 3.27. The Morgan fingerprint density at radius 2 is 1.91 bits per heavy atom. The summed E-state index contributed by atoms with van der Waals surface area (Å²) >= 11 is 0. The molecule has 1 saturated heterocycles. The van der Waals surface area contributed by atoms with Gasteiger partial charge in [0.05, 0.1) is 0 Å². The lowest BCUT2D eigenvalue weighted by Gasteiger charge is -2.31. The Bertz CT molecular complexity index is 596. The molecule has 1 aromatic heterocycles. The van der Waals surface area contributed by atoms with Crippen molar-refractivity contribution in [1.82, 2.24) is 9.88 Å². The summed E-state index contributed by atoms with van der Waals surface area (Å²) in [5.74, 6) is 7.32. The van der Waals surface area contributed by atoms with Gasteiger partial charge in [-0.15, -0.1) is 0 Å². The van der Waals surface area contributed by atoms with Crippen LogP contribution in [0.2, 0.25) is 0 Å². The van der Waals surface area contributed by atoms with Crippen LogP contribution in [0.3, 0.4) is 0 Å². The number of hydrogen-bond acceptors (Lipinski definition) is 1. The first-order valence-corrected chi connectivity index (χ1v) is 8.28. The highest BCUT2D eigenvalue weighted by atomic mass is 15.1. The third kappa shape index (κ3) is 4.51. The van der Waals surface area contributed by atoms with E-state index in [1.165, 1.54) is 37.9 Å². The minimum atomic E-state index is 0.851. The van der Waals surface area contributed by atoms with Gasteiger partial charge in [-0.05, 0) is 49.9 Å². The second-order valence-electron chi connectivity index (χ2n) is 6.13. The highest BCUT2D eigenvalue weighted by molar-refractivity contribution is 5.31. The van der Waals surface area contributed by atoms with Crippen LogP contribution in [-0.2, 0) is 6.42 Å². The van der Waals surface area contributed by atoms with Crippen LogP contribution in [0.25, 0.3) is 0 Å². The van der Waals surface area contributed by atoms with E-state index in [-0.39, 0.29) is 0 Å². The predicted octanol–water partition coefficient (Wildman–Crippen LogP) is 3.71. The minimum absolute atomic E-state index is 0.851. The van der Waals surface area contributed by atoms with Gasteiger partial charge < -0.3 is 9.88 Å². The Labute approximate surface area is 133 Å². The topological polar surface area (TPSA) is 19.0 Å². The van der Waals surface area contributed by atoms with Crippen molar-refractivity contribution in [1.29, 1.82) is 0 Å². The number of hydrogen-bond donors (Lipinski definition) is 1. The van der Waals surface area contributed by atoms with Crippen LogP contribution in [0.4, 0.5) is 0 Å². The van der Waals surface area contributed by atoms with E-state index in [4.69, 9.17) is 0 Å². The molecule has 0 unspecified atom stereocenters. The molecule has 0 radical (unpaired) electrons. The number of nitrogens with one attached hydrogen (secondary N) is 1. The highest BCUT2D eigenvalue weighted by Crippen LogP contribution is 2.21. The summed E-state index contributed by atoms with van der Waals surface area (Å²) < 4.78 is 0. The van der Waals surface area contributed by atoms with Crippen molar-refractivity contribution in [3.05, 3.63) is 59.9 Å². The number of piperidine rings is 1. The van der Waals surface area contributed by atoms with Crippen LogP contribution in [0.1, 0.15) is 30.4 Å². The van der Waals surface area contributed by atoms with Gasteiger partial charge in [-0.2, -0.15) is 0 Å². The normalized spacial score (nSPS) is 16.2. The molecule has 0 bridgehead atoms. The second kappa shape index (κ2) is 7.87. The van der Waals surface area contributed by atoms with Crippen molar-refractivity contribution < 1.29 is 0 Å². The molecule has 1 N–H and O–H groups in total. The zero-order chi connectivity index (χ0) is 15.0. The van der Waals surface area contributed by atoms with Crippen LogP contribution in [-0.4, -0.2) is 29.5 Å². The van der Waals surface area contributed by atoms with Gasteiger partial charge in [-0.1, -0.05) is 42.2 Å². The number of nitrogens with zero attached hydrogens (tertiary/aromatic N) is 1. The molecule has 3 rings (SSSR count). The number of H-pyrrole nitrogens is 1. The fourth-order valence-electron chi connectivity index (χ4n) is 3.14. The van der Waals surface area contributed by atoms with E-state index >= 15 is 0 Å². The number of aromatic nitrogens is 1. The molecule has 1 aromatic carbocycles. The Balaban J connectivity index is 1.37. The second-order valence-corrected chi connectivity index (χ2v) is 6.13. The van der Waals surface area contributed by atoms with Gasteiger partial charge in [0, 0.05) is 30.9 Å². The molecule has 2 heterocycles. The fraction of sp³-hybridized carbons (Fsp3) is 0.400. The number of benzene rings is 1. The molecule has 0 atom stereocenters. The van der Waals surface area contributed by atoms with Crippen molar-refractivity contribution in [3.63, 3.8) is 0 Å². The number of likely N-dealkylation sites (tertiary alicyclic amines) is 1. The molecular formula is C20H24N2. The summed E-state index contributed by atoms with van der Waals surface area (Å²) in [4.78, 5) is 5.59. The van der Waals surface area contributed by atoms with Gasteiger partial charge in [0.15, 0.2) is 0 Å². The molecule has 2 heteroatoms. The largest absolute Gasteiger partial charge is 0.367 e. The van der Waals surface area contributed by atoms with Crippen LogP contribution in [0.15, 0.2) is 48.8 Å². The Morgan fingerprint density at radius 3 is 2.64 bits per heavy atom. The van der Waals surface area contributed by atoms with Crippen LogP contribution >= 0.6 is 0 Å². The molecule has 114 valence electrons. The van der Waals surface area contributed by atoms with E-state index in [1.807, 2.05) is 18.5 Å². The summed E-state index contributed by atoms with van der Waals surface area (Å²) in [7, 11) is 0. The van der Waals surface area contributed by atoms with Crippen LogP contribution in [0, 0.1) is 17.8 Å². The SMILES string of the molecule is C(#Cc1cc[nH]c1)CCN1CCC(Cc2ccccc2)CC1. The zero-order valence-corrected chi connectivity index (χ0v) is 13.1. The first-order valence-electron chi connectivity index (χ1n) is 8.28. The Hall–Kier alpha value is -1.98. The first-order chi connectivity index (χ1) is 10.9. The lowest BCUT2D eigenvalue weighted by atomic mass is 9.90. The maximum Gasteiger partial charge on any atom is 0.0419 e. The van der Waals surface area contributed by atoms with Crippen molar-refractivity contribution in [2.45, 2.75) is 25.7 Å². The fourth-order valence-corrected chi connectivity index (χ4v) is 3.14. The molecule has 0 spiro atoms. The monoisotopic (exact) mass is 292 g/mol. The molecule has 2 aromatic rings. The van der Waals surface area contributed by atoms with Crippen molar-refractivity contribution in [2.75, 3.05) is 19.6 Å². The van der Waals surface area contributed by atoms with E-state index < -0.39 is 0 Å². The Kier molecular flexibility index (Phi) is 5.34. The van der Waals surface area contributed by atoms with E-state index in [1.54, 1.807) is 0 Å². The molecule has 1 aliphatic rings. The average molecular weight is 292 g/mol. The number of rotatable bonds is 4. The highest BCUT2D eigenvalue weighted by Gasteiger charge is 2.18. The van der Waals surface area contributed by atoms with Gasteiger partial charge in [0.1, 0.15) is 0 Å². The van der Waals surface area contributed by atoms with Gasteiger partial charge in [0.25, 0.3) is 0 Å². The average Bonchev–Trinajstić information content (AvgIpc) is 3.07. The molecule has 0 saturated carbocycles. The van der Waals surface area contributed by atoms with Gasteiger partial charge in [-0.25, -0.2) is 0 Å². The van der Waals surface area contributed by atoms with E-state index in [0.29, 0.717) is 0 Å². The summed E-state index contributed by atoms with van der Waals surface area (Å²) in [5, 5.41) is 0. The standard InChI is InChI=1S/C20H24N2/c1-2-6-18(7-3-1)16-19-10-14-22(15-11-19)13-5-4-8-20-9-12-21-17-20/h1-3,6-7,9,12,17,19,21H,5,10-11,13-16H2. The van der Waals surface area contributed by atoms with Crippen LogP contribution in [0.5, 0.6) is 0 Å².